The highest BCUT2D eigenvalue weighted by Crippen LogP contribution is 2.13. The van der Waals surface area contributed by atoms with Crippen LogP contribution in [-0.2, 0) is 6.54 Å². The van der Waals surface area contributed by atoms with Gasteiger partial charge in [-0.2, -0.15) is 11.3 Å². The fourth-order valence-corrected chi connectivity index (χ4v) is 2.20. The molecule has 0 aromatic carbocycles. The van der Waals surface area contributed by atoms with E-state index in [4.69, 9.17) is 0 Å². The van der Waals surface area contributed by atoms with Crippen LogP contribution in [0.1, 0.15) is 33.3 Å². The lowest BCUT2D eigenvalue weighted by Crippen LogP contribution is -2.33. The van der Waals surface area contributed by atoms with Crippen molar-refractivity contribution in [1.82, 2.24) is 4.90 Å². The van der Waals surface area contributed by atoms with Crippen molar-refractivity contribution in [2.75, 3.05) is 6.54 Å². The third-order valence-electron chi connectivity index (χ3n) is 2.30. The lowest BCUT2D eigenvalue weighted by molar-refractivity contribution is 0.189. The SMILES string of the molecule is CC(C)CN(Cc1ccsc1)C(C)C. The molecule has 0 aliphatic rings. The van der Waals surface area contributed by atoms with E-state index < -0.39 is 0 Å². The van der Waals surface area contributed by atoms with Crippen LogP contribution in [0.2, 0.25) is 0 Å². The van der Waals surface area contributed by atoms with Gasteiger partial charge in [-0.3, -0.25) is 4.90 Å². The van der Waals surface area contributed by atoms with Gasteiger partial charge in [0.15, 0.2) is 0 Å². The van der Waals surface area contributed by atoms with Crippen LogP contribution in [0.3, 0.4) is 0 Å². The molecule has 0 fully saturated rings. The van der Waals surface area contributed by atoms with Crippen LogP contribution in [0, 0.1) is 5.92 Å². The Bertz CT molecular complexity index is 239. The summed E-state index contributed by atoms with van der Waals surface area (Å²) >= 11 is 1.79. The Morgan fingerprint density at radius 1 is 1.29 bits per heavy atom. The van der Waals surface area contributed by atoms with E-state index >= 15 is 0 Å². The molecule has 0 amide bonds. The molecular formula is C12H21NS. The van der Waals surface area contributed by atoms with E-state index in [1.807, 2.05) is 0 Å². The first-order valence-electron chi connectivity index (χ1n) is 5.34. The minimum Gasteiger partial charge on any atom is -0.296 e. The quantitative estimate of drug-likeness (QED) is 0.719. The summed E-state index contributed by atoms with van der Waals surface area (Å²) in [7, 11) is 0. The third-order valence-corrected chi connectivity index (χ3v) is 3.03. The van der Waals surface area contributed by atoms with E-state index in [1.54, 1.807) is 11.3 Å². The van der Waals surface area contributed by atoms with Gasteiger partial charge in [0.2, 0.25) is 0 Å². The summed E-state index contributed by atoms with van der Waals surface area (Å²) in [5, 5.41) is 4.40. The average Bonchev–Trinajstić information content (AvgIpc) is 2.54. The summed E-state index contributed by atoms with van der Waals surface area (Å²) in [5.74, 6) is 0.746. The smallest absolute Gasteiger partial charge is 0.0244 e. The highest BCUT2D eigenvalue weighted by atomic mass is 32.1. The van der Waals surface area contributed by atoms with E-state index in [1.165, 1.54) is 12.1 Å². The summed E-state index contributed by atoms with van der Waals surface area (Å²) in [6.45, 7) is 11.4. The molecule has 80 valence electrons. The zero-order chi connectivity index (χ0) is 10.6. The Kier molecular flexibility index (Phi) is 4.63. The Labute approximate surface area is 91.8 Å². The predicted molar refractivity (Wildman–Crippen MR) is 64.7 cm³/mol. The largest absolute Gasteiger partial charge is 0.296 e. The van der Waals surface area contributed by atoms with Crippen molar-refractivity contribution in [2.45, 2.75) is 40.3 Å². The fourth-order valence-electron chi connectivity index (χ4n) is 1.54. The van der Waals surface area contributed by atoms with Crippen molar-refractivity contribution in [1.29, 1.82) is 0 Å². The number of thiophene rings is 1. The monoisotopic (exact) mass is 211 g/mol. The van der Waals surface area contributed by atoms with Crippen LogP contribution >= 0.6 is 11.3 Å². The molecular weight excluding hydrogens is 190 g/mol. The molecule has 1 aromatic rings. The zero-order valence-electron chi connectivity index (χ0n) is 9.66. The van der Waals surface area contributed by atoms with Crippen LogP contribution in [0.4, 0.5) is 0 Å². The molecule has 2 heteroatoms. The van der Waals surface area contributed by atoms with Crippen molar-refractivity contribution >= 4 is 11.3 Å². The molecule has 0 unspecified atom stereocenters. The maximum absolute atomic E-state index is 2.53. The van der Waals surface area contributed by atoms with Gasteiger partial charge in [0.05, 0.1) is 0 Å². The number of rotatable bonds is 5. The minimum absolute atomic E-state index is 0.636. The lowest BCUT2D eigenvalue weighted by Gasteiger charge is -2.27. The van der Waals surface area contributed by atoms with E-state index in [9.17, 15) is 0 Å². The Balaban J connectivity index is 2.51. The van der Waals surface area contributed by atoms with Gasteiger partial charge in [-0.15, -0.1) is 0 Å². The van der Waals surface area contributed by atoms with Gasteiger partial charge in [-0.05, 0) is 42.2 Å². The Morgan fingerprint density at radius 3 is 2.43 bits per heavy atom. The van der Waals surface area contributed by atoms with Crippen molar-refractivity contribution in [2.24, 2.45) is 5.92 Å². The van der Waals surface area contributed by atoms with Crippen LogP contribution in [0.15, 0.2) is 16.8 Å². The molecule has 0 aliphatic carbocycles. The molecule has 0 atom stereocenters. The molecule has 0 bridgehead atoms. The van der Waals surface area contributed by atoms with Crippen LogP contribution in [0.5, 0.6) is 0 Å². The predicted octanol–water partition coefficient (Wildman–Crippen LogP) is 3.61. The van der Waals surface area contributed by atoms with Gasteiger partial charge in [0.1, 0.15) is 0 Å². The number of nitrogens with zero attached hydrogens (tertiary/aromatic N) is 1. The Hall–Kier alpha value is -0.340. The standard InChI is InChI=1S/C12H21NS/c1-10(2)7-13(11(3)4)8-12-5-6-14-9-12/h5-6,9-11H,7-8H2,1-4H3. The van der Waals surface area contributed by atoms with Crippen molar-refractivity contribution < 1.29 is 0 Å². The second-order valence-corrected chi connectivity index (χ2v) is 5.33. The zero-order valence-corrected chi connectivity index (χ0v) is 10.5. The highest BCUT2D eigenvalue weighted by molar-refractivity contribution is 7.07. The molecule has 0 spiro atoms. The van der Waals surface area contributed by atoms with Crippen LogP contribution in [0.25, 0.3) is 0 Å². The summed E-state index contributed by atoms with van der Waals surface area (Å²) in [5.41, 5.74) is 1.45. The van der Waals surface area contributed by atoms with Crippen molar-refractivity contribution in [3.8, 4) is 0 Å². The number of hydrogen-bond acceptors (Lipinski definition) is 2. The van der Waals surface area contributed by atoms with E-state index in [0.717, 1.165) is 12.5 Å². The summed E-state index contributed by atoms with van der Waals surface area (Å²) in [6, 6.07) is 2.86. The fraction of sp³-hybridized carbons (Fsp3) is 0.667. The molecule has 0 saturated carbocycles. The minimum atomic E-state index is 0.636. The first kappa shape index (κ1) is 11.7. The normalized spacial score (nSPS) is 11.9. The molecule has 0 N–H and O–H groups in total. The molecule has 0 saturated heterocycles. The summed E-state index contributed by atoms with van der Waals surface area (Å²) < 4.78 is 0. The number of hydrogen-bond donors (Lipinski definition) is 0. The van der Waals surface area contributed by atoms with Crippen LogP contribution in [-0.4, -0.2) is 17.5 Å². The van der Waals surface area contributed by atoms with Crippen molar-refractivity contribution in [3.05, 3.63) is 22.4 Å². The van der Waals surface area contributed by atoms with Gasteiger partial charge in [0.25, 0.3) is 0 Å². The van der Waals surface area contributed by atoms with Gasteiger partial charge >= 0.3 is 0 Å². The van der Waals surface area contributed by atoms with Crippen molar-refractivity contribution in [3.63, 3.8) is 0 Å². The topological polar surface area (TPSA) is 3.24 Å². The first-order chi connectivity index (χ1) is 6.59. The van der Waals surface area contributed by atoms with Gasteiger partial charge < -0.3 is 0 Å². The van der Waals surface area contributed by atoms with E-state index in [-0.39, 0.29) is 0 Å². The average molecular weight is 211 g/mol. The molecule has 0 radical (unpaired) electrons. The summed E-state index contributed by atoms with van der Waals surface area (Å²) in [4.78, 5) is 2.53. The third kappa shape index (κ3) is 3.81. The van der Waals surface area contributed by atoms with Crippen LogP contribution < -0.4 is 0 Å². The maximum Gasteiger partial charge on any atom is 0.0244 e. The molecule has 1 nitrogen and oxygen atoms in total. The van der Waals surface area contributed by atoms with Gasteiger partial charge in [-0.1, -0.05) is 13.8 Å². The van der Waals surface area contributed by atoms with E-state index in [0.29, 0.717) is 6.04 Å². The summed E-state index contributed by atoms with van der Waals surface area (Å²) in [6.07, 6.45) is 0. The Morgan fingerprint density at radius 2 is 2.00 bits per heavy atom. The maximum atomic E-state index is 2.53. The van der Waals surface area contributed by atoms with E-state index in [2.05, 4.69) is 49.4 Å². The molecule has 1 rings (SSSR count). The van der Waals surface area contributed by atoms with Gasteiger partial charge in [-0.25, -0.2) is 0 Å². The van der Waals surface area contributed by atoms with Gasteiger partial charge in [0, 0.05) is 19.1 Å². The molecule has 0 aliphatic heterocycles. The second-order valence-electron chi connectivity index (χ2n) is 4.55. The lowest BCUT2D eigenvalue weighted by atomic mass is 10.1. The highest BCUT2D eigenvalue weighted by Gasteiger charge is 2.11. The molecule has 1 aromatic heterocycles. The first-order valence-corrected chi connectivity index (χ1v) is 6.29. The molecule has 14 heavy (non-hydrogen) atoms. The second kappa shape index (κ2) is 5.52. The molecule has 1 heterocycles.